The second-order valence-electron chi connectivity index (χ2n) is 11.2. The lowest BCUT2D eigenvalue weighted by molar-refractivity contribution is -0.137. The van der Waals surface area contributed by atoms with E-state index >= 15 is 8.78 Å². The van der Waals surface area contributed by atoms with Gasteiger partial charge in [-0.2, -0.15) is 18.2 Å². The molecule has 3 heterocycles. The van der Waals surface area contributed by atoms with Crippen molar-refractivity contribution in [1.82, 2.24) is 19.4 Å². The Kier molecular flexibility index (Phi) is 8.20. The molecule has 0 N–H and O–H groups in total. The van der Waals surface area contributed by atoms with E-state index in [4.69, 9.17) is 0 Å². The molecule has 1 saturated heterocycles. The summed E-state index contributed by atoms with van der Waals surface area (Å²) in [5.41, 5.74) is -3.81. The summed E-state index contributed by atoms with van der Waals surface area (Å²) in [7, 11) is -3.10. The molecule has 2 aromatic carbocycles. The first kappa shape index (κ1) is 32.0. The highest BCUT2D eigenvalue weighted by molar-refractivity contribution is 7.70. The van der Waals surface area contributed by atoms with Gasteiger partial charge in [0.2, 0.25) is 5.91 Å². The summed E-state index contributed by atoms with van der Waals surface area (Å²) in [6.45, 7) is 10.4. The van der Waals surface area contributed by atoms with Gasteiger partial charge in [0.05, 0.1) is 22.5 Å². The zero-order chi connectivity index (χ0) is 33.0. The predicted octanol–water partition coefficient (Wildman–Crippen LogP) is 5.52. The molecule has 0 saturated carbocycles. The van der Waals surface area contributed by atoms with Crippen molar-refractivity contribution in [3.8, 4) is 16.8 Å². The molecule has 5 rings (SSSR count). The van der Waals surface area contributed by atoms with Crippen LogP contribution < -0.4 is 15.9 Å². The molecular formula is C31H29F5N5O3P. The first-order valence-electron chi connectivity index (χ1n) is 13.9. The number of fused-ring (bicyclic) bond motifs is 1. The average molecular weight is 646 g/mol. The van der Waals surface area contributed by atoms with Gasteiger partial charge in [0.1, 0.15) is 24.6 Å². The summed E-state index contributed by atoms with van der Waals surface area (Å²) in [6.07, 6.45) is -2.43. The number of aryl methyl sites for hydroxylation is 1. The molecule has 0 unspecified atom stereocenters. The highest BCUT2D eigenvalue weighted by atomic mass is 31.2. The van der Waals surface area contributed by atoms with E-state index in [0.29, 0.717) is 6.07 Å². The van der Waals surface area contributed by atoms with Crippen LogP contribution in [-0.4, -0.2) is 64.3 Å². The first-order valence-corrected chi connectivity index (χ1v) is 16.5. The summed E-state index contributed by atoms with van der Waals surface area (Å²) in [5, 5.41) is 0.276. The van der Waals surface area contributed by atoms with Crippen LogP contribution in [0, 0.1) is 18.6 Å². The SMILES string of the molecule is C=CC(=O)N1CCN(c2nc(=O)n(-c3c(P(C)(C)=O)ccnc3C)c3cc(-c4c(F)cccc4C(F)(F)F)c(F)cc23)[C@@H](C)C1. The van der Waals surface area contributed by atoms with Gasteiger partial charge in [-0.1, -0.05) is 12.6 Å². The Morgan fingerprint density at radius 1 is 1.11 bits per heavy atom. The molecule has 236 valence electrons. The number of aromatic nitrogens is 3. The first-order chi connectivity index (χ1) is 21.0. The summed E-state index contributed by atoms with van der Waals surface area (Å²) in [4.78, 5) is 38.0. The Balaban J connectivity index is 1.89. The Hall–Kier alpha value is -4.38. The van der Waals surface area contributed by atoms with E-state index in [-0.39, 0.29) is 58.9 Å². The number of piperazine rings is 1. The van der Waals surface area contributed by atoms with Crippen LogP contribution in [0.4, 0.5) is 27.8 Å². The second kappa shape index (κ2) is 11.5. The summed E-state index contributed by atoms with van der Waals surface area (Å²) >= 11 is 0. The molecule has 2 aromatic heterocycles. The number of anilines is 1. The van der Waals surface area contributed by atoms with Crippen LogP contribution in [0.5, 0.6) is 0 Å². The molecule has 1 amide bonds. The minimum Gasteiger partial charge on any atom is -0.350 e. The number of hydrogen-bond donors (Lipinski definition) is 0. The number of carbonyl (C=O) groups excluding carboxylic acids is 1. The zero-order valence-electron chi connectivity index (χ0n) is 24.8. The lowest BCUT2D eigenvalue weighted by Crippen LogP contribution is -2.54. The van der Waals surface area contributed by atoms with Crippen LogP contribution in [0.3, 0.4) is 0 Å². The number of benzene rings is 2. The average Bonchev–Trinajstić information content (AvgIpc) is 2.96. The Morgan fingerprint density at radius 2 is 1.82 bits per heavy atom. The fourth-order valence-electron chi connectivity index (χ4n) is 5.75. The van der Waals surface area contributed by atoms with Crippen LogP contribution in [0.25, 0.3) is 27.7 Å². The smallest absolute Gasteiger partial charge is 0.350 e. The minimum atomic E-state index is -5.02. The quantitative estimate of drug-likeness (QED) is 0.161. The van der Waals surface area contributed by atoms with Crippen molar-refractivity contribution in [1.29, 1.82) is 0 Å². The van der Waals surface area contributed by atoms with Crippen molar-refractivity contribution < 1.29 is 31.3 Å². The van der Waals surface area contributed by atoms with E-state index in [1.807, 2.05) is 0 Å². The third-order valence-electron chi connectivity index (χ3n) is 7.82. The molecule has 45 heavy (non-hydrogen) atoms. The van der Waals surface area contributed by atoms with E-state index in [9.17, 15) is 27.3 Å². The Morgan fingerprint density at radius 3 is 2.44 bits per heavy atom. The van der Waals surface area contributed by atoms with Gasteiger partial charge in [-0.05, 0) is 63.6 Å². The number of alkyl halides is 3. The van der Waals surface area contributed by atoms with Crippen molar-refractivity contribution in [2.24, 2.45) is 0 Å². The van der Waals surface area contributed by atoms with E-state index in [1.54, 1.807) is 23.6 Å². The van der Waals surface area contributed by atoms with E-state index in [0.717, 1.165) is 28.8 Å². The maximum absolute atomic E-state index is 16.0. The van der Waals surface area contributed by atoms with Crippen molar-refractivity contribution in [3.05, 3.63) is 88.6 Å². The van der Waals surface area contributed by atoms with Crippen molar-refractivity contribution >= 4 is 35.1 Å². The zero-order valence-corrected chi connectivity index (χ0v) is 25.7. The Bertz CT molecular complexity index is 1970. The maximum atomic E-state index is 16.0. The van der Waals surface area contributed by atoms with E-state index in [1.165, 1.54) is 31.7 Å². The lowest BCUT2D eigenvalue weighted by atomic mass is 9.96. The van der Waals surface area contributed by atoms with Crippen LogP contribution in [0.2, 0.25) is 0 Å². The number of carbonyl (C=O) groups is 1. The molecule has 0 spiro atoms. The molecule has 1 atom stereocenters. The van der Waals surface area contributed by atoms with Crippen molar-refractivity contribution in [2.45, 2.75) is 26.1 Å². The summed E-state index contributed by atoms with van der Waals surface area (Å²) in [5.74, 6) is -2.76. The fourth-order valence-corrected chi connectivity index (χ4v) is 6.95. The third kappa shape index (κ3) is 5.77. The summed E-state index contributed by atoms with van der Waals surface area (Å²) < 4.78 is 87.7. The lowest BCUT2D eigenvalue weighted by Gasteiger charge is -2.40. The van der Waals surface area contributed by atoms with Crippen LogP contribution in [0.1, 0.15) is 18.2 Å². The van der Waals surface area contributed by atoms with Crippen LogP contribution >= 0.6 is 7.14 Å². The minimum absolute atomic E-state index is 0.0266. The van der Waals surface area contributed by atoms with Gasteiger partial charge in [0.15, 0.2) is 0 Å². The number of halogens is 5. The van der Waals surface area contributed by atoms with Gasteiger partial charge in [0.25, 0.3) is 0 Å². The Labute approximate surface area is 255 Å². The molecule has 1 aliphatic rings. The van der Waals surface area contributed by atoms with Gasteiger partial charge in [-0.25, -0.2) is 13.6 Å². The standard InChI is InChI=1S/C31H29F5N5O3P/c1-6-26(42)39-12-13-40(17(2)16-39)29-20-14-23(33)19(27-21(31(34,35)36)8-7-9-22(27)32)15-24(20)41(30(43)38-29)28-18(3)37-11-10-25(28)45(4,5)44/h6-11,14-15,17H,1,12-13,16H2,2-5H3/t17-/m0/s1. The van der Waals surface area contributed by atoms with Gasteiger partial charge >= 0.3 is 11.9 Å². The maximum Gasteiger partial charge on any atom is 0.417 e. The molecule has 1 aliphatic heterocycles. The van der Waals surface area contributed by atoms with Crippen LogP contribution in [-0.2, 0) is 15.5 Å². The molecule has 0 bridgehead atoms. The number of hydrogen-bond acceptors (Lipinski definition) is 6. The van der Waals surface area contributed by atoms with E-state index < -0.39 is 53.4 Å². The normalized spacial score (nSPS) is 15.9. The molecular weight excluding hydrogens is 616 g/mol. The molecule has 0 aliphatic carbocycles. The number of nitrogens with zero attached hydrogens (tertiary/aromatic N) is 5. The van der Waals surface area contributed by atoms with Gasteiger partial charge < -0.3 is 14.4 Å². The second-order valence-corrected chi connectivity index (χ2v) is 14.4. The molecule has 4 aromatic rings. The molecule has 0 radical (unpaired) electrons. The van der Waals surface area contributed by atoms with Gasteiger partial charge in [0, 0.05) is 53.7 Å². The topological polar surface area (TPSA) is 88.4 Å². The molecule has 8 nitrogen and oxygen atoms in total. The third-order valence-corrected chi connectivity index (χ3v) is 9.35. The number of rotatable bonds is 5. The monoisotopic (exact) mass is 645 g/mol. The molecule has 14 heteroatoms. The van der Waals surface area contributed by atoms with Crippen molar-refractivity contribution in [2.75, 3.05) is 37.9 Å². The number of amides is 1. The van der Waals surface area contributed by atoms with Crippen molar-refractivity contribution in [3.63, 3.8) is 0 Å². The van der Waals surface area contributed by atoms with E-state index in [2.05, 4.69) is 16.5 Å². The highest BCUT2D eigenvalue weighted by Gasteiger charge is 2.37. The summed E-state index contributed by atoms with van der Waals surface area (Å²) in [6, 6.07) is 5.28. The van der Waals surface area contributed by atoms with Crippen LogP contribution in [0.15, 0.2) is 60.0 Å². The van der Waals surface area contributed by atoms with Gasteiger partial charge in [-0.15, -0.1) is 0 Å². The van der Waals surface area contributed by atoms with Gasteiger partial charge in [-0.3, -0.25) is 14.3 Å². The largest absolute Gasteiger partial charge is 0.417 e. The molecule has 1 fully saturated rings. The predicted molar refractivity (Wildman–Crippen MR) is 163 cm³/mol. The highest BCUT2D eigenvalue weighted by Crippen LogP contribution is 2.42. The number of pyridine rings is 1. The fraction of sp³-hybridized carbons (Fsp3) is 0.290.